The molecule has 0 saturated carbocycles. The topological polar surface area (TPSA) is 66.3 Å². The standard InChI is InChI=1S/C33H37ClFN5O2/c1-21(2)37(4)11-6-7-23-10-12-39(20-23)31-16-25(19-36-22(31)3)28-18-26(35)17-27(32(28)41)24-8-9-30(29(34)15-24)40-14-13-38(5)33(40)42/h8-9,13-19,21,23H,4,6-7,10-12,20H2,1-3,5H3/p+1/t23-/m1/s1. The van der Waals surface area contributed by atoms with Crippen LogP contribution in [0.25, 0.3) is 27.9 Å². The van der Waals surface area contributed by atoms with E-state index in [0.29, 0.717) is 44.9 Å². The molecule has 9 heteroatoms. The number of nitrogens with zero attached hydrogens (tertiary/aromatic N) is 5. The number of aromatic hydroxyl groups is 1. The number of hydrogen-bond acceptors (Lipinski definition) is 4. The SMILES string of the molecule is C=[N+](CCC[C@@H]1CCN(c2cc(-c3cc(F)cc(-c4ccc(-n5ccn(C)c5=O)c(Cl)c4)c3O)cnc2C)C1)C(C)C. The zero-order valence-corrected chi connectivity index (χ0v) is 25.4. The van der Waals surface area contributed by atoms with Gasteiger partial charge in [-0.05, 0) is 75.4 Å². The average Bonchev–Trinajstić information content (AvgIpc) is 3.56. The monoisotopic (exact) mass is 590 g/mol. The number of halogens is 2. The number of aromatic nitrogens is 3. The van der Waals surface area contributed by atoms with Gasteiger partial charge in [-0.15, -0.1) is 0 Å². The number of phenolic OH excluding ortho intramolecular Hbond substituents is 1. The van der Waals surface area contributed by atoms with E-state index in [0.717, 1.165) is 50.3 Å². The van der Waals surface area contributed by atoms with Crippen molar-refractivity contribution in [2.75, 3.05) is 24.5 Å². The van der Waals surface area contributed by atoms with Crippen molar-refractivity contribution in [2.45, 2.75) is 46.1 Å². The Balaban J connectivity index is 1.40. The van der Waals surface area contributed by atoms with Gasteiger partial charge in [0, 0.05) is 61.8 Å². The summed E-state index contributed by atoms with van der Waals surface area (Å²) in [5, 5.41) is 11.7. The smallest absolute Gasteiger partial charge is 0.332 e. The molecule has 0 spiro atoms. The second-order valence-electron chi connectivity index (χ2n) is 11.6. The molecule has 0 radical (unpaired) electrons. The van der Waals surface area contributed by atoms with Crippen molar-refractivity contribution in [2.24, 2.45) is 13.0 Å². The van der Waals surface area contributed by atoms with Gasteiger partial charge in [0.05, 0.1) is 22.1 Å². The molecule has 220 valence electrons. The molecule has 0 bridgehead atoms. The number of aryl methyl sites for hydroxylation is 2. The highest BCUT2D eigenvalue weighted by molar-refractivity contribution is 6.32. The molecule has 5 rings (SSSR count). The number of benzene rings is 2. The Labute approximate surface area is 251 Å². The molecule has 1 aliphatic heterocycles. The van der Waals surface area contributed by atoms with Crippen molar-refractivity contribution in [1.82, 2.24) is 14.1 Å². The summed E-state index contributed by atoms with van der Waals surface area (Å²) in [6.07, 6.45) is 8.34. The molecule has 2 aromatic carbocycles. The Morgan fingerprint density at radius 2 is 1.88 bits per heavy atom. The first-order chi connectivity index (χ1) is 20.0. The molecule has 0 amide bonds. The van der Waals surface area contributed by atoms with Gasteiger partial charge in [0.15, 0.2) is 0 Å². The van der Waals surface area contributed by atoms with Crippen molar-refractivity contribution in [3.05, 3.63) is 82.0 Å². The summed E-state index contributed by atoms with van der Waals surface area (Å²) in [5.74, 6) is 0.0552. The zero-order valence-electron chi connectivity index (χ0n) is 24.6. The van der Waals surface area contributed by atoms with Crippen molar-refractivity contribution in [3.8, 4) is 33.7 Å². The van der Waals surface area contributed by atoms with Crippen molar-refractivity contribution >= 4 is 24.0 Å². The largest absolute Gasteiger partial charge is 0.507 e. The van der Waals surface area contributed by atoms with E-state index in [1.807, 2.05) is 13.0 Å². The minimum Gasteiger partial charge on any atom is -0.507 e. The predicted octanol–water partition coefficient (Wildman–Crippen LogP) is 6.44. The van der Waals surface area contributed by atoms with Gasteiger partial charge in [0.2, 0.25) is 0 Å². The summed E-state index contributed by atoms with van der Waals surface area (Å²) in [6, 6.07) is 10.1. The highest BCUT2D eigenvalue weighted by Crippen LogP contribution is 2.41. The van der Waals surface area contributed by atoms with Gasteiger partial charge in [-0.3, -0.25) is 9.55 Å². The third kappa shape index (κ3) is 6.00. The molecule has 7 nitrogen and oxygen atoms in total. The average molecular weight is 591 g/mol. The molecule has 42 heavy (non-hydrogen) atoms. The quantitative estimate of drug-likeness (QED) is 0.180. The van der Waals surface area contributed by atoms with Crippen molar-refractivity contribution in [1.29, 1.82) is 0 Å². The molecule has 1 aliphatic rings. The van der Waals surface area contributed by atoms with E-state index in [9.17, 15) is 9.90 Å². The van der Waals surface area contributed by atoms with Crippen LogP contribution in [0.1, 0.15) is 38.8 Å². The van der Waals surface area contributed by atoms with Gasteiger partial charge in [-0.1, -0.05) is 17.7 Å². The predicted molar refractivity (Wildman–Crippen MR) is 168 cm³/mol. The van der Waals surface area contributed by atoms with Crippen LogP contribution in [-0.2, 0) is 7.05 Å². The first-order valence-corrected chi connectivity index (χ1v) is 14.8. The van der Waals surface area contributed by atoms with Crippen molar-refractivity contribution in [3.63, 3.8) is 0 Å². The molecule has 1 atom stereocenters. The first-order valence-electron chi connectivity index (χ1n) is 14.4. The molecule has 2 aromatic heterocycles. The molecular weight excluding hydrogens is 553 g/mol. The van der Waals surface area contributed by atoms with Gasteiger partial charge in [-0.25, -0.2) is 13.8 Å². The van der Waals surface area contributed by atoms with E-state index >= 15 is 4.39 Å². The summed E-state index contributed by atoms with van der Waals surface area (Å²) in [4.78, 5) is 19.4. The molecule has 1 saturated heterocycles. The second kappa shape index (κ2) is 12.1. The van der Waals surface area contributed by atoms with Gasteiger partial charge >= 0.3 is 5.69 Å². The third-order valence-electron chi connectivity index (χ3n) is 8.33. The summed E-state index contributed by atoms with van der Waals surface area (Å²) >= 11 is 6.56. The van der Waals surface area contributed by atoms with Crippen LogP contribution < -0.4 is 10.6 Å². The maximum Gasteiger partial charge on any atom is 0.332 e. The molecule has 3 heterocycles. The lowest BCUT2D eigenvalue weighted by molar-refractivity contribution is -0.551. The minimum atomic E-state index is -0.485. The van der Waals surface area contributed by atoms with E-state index in [1.54, 1.807) is 43.8 Å². The Bertz CT molecular complexity index is 1690. The van der Waals surface area contributed by atoms with Crippen LogP contribution in [-0.4, -0.2) is 56.2 Å². The van der Waals surface area contributed by atoms with Crippen LogP contribution in [0.4, 0.5) is 10.1 Å². The molecule has 1 fully saturated rings. The second-order valence-corrected chi connectivity index (χ2v) is 12.0. The number of pyridine rings is 1. The number of phenols is 1. The Morgan fingerprint density at radius 1 is 1.14 bits per heavy atom. The maximum atomic E-state index is 15.0. The first kappa shape index (κ1) is 29.6. The summed E-state index contributed by atoms with van der Waals surface area (Å²) < 4.78 is 20.0. The lowest BCUT2D eigenvalue weighted by Gasteiger charge is -2.22. The van der Waals surface area contributed by atoms with E-state index in [1.165, 1.54) is 21.3 Å². The number of rotatable bonds is 9. The Kier molecular flexibility index (Phi) is 8.55. The van der Waals surface area contributed by atoms with E-state index in [4.69, 9.17) is 11.6 Å². The lowest BCUT2D eigenvalue weighted by atomic mass is 9.97. The van der Waals surface area contributed by atoms with Crippen LogP contribution in [0.5, 0.6) is 5.75 Å². The molecule has 0 unspecified atom stereocenters. The zero-order chi connectivity index (χ0) is 30.1. The number of hydrogen-bond donors (Lipinski definition) is 1. The van der Waals surface area contributed by atoms with Gasteiger partial charge in [0.25, 0.3) is 0 Å². The molecular formula is C33H38ClFN5O2+. The lowest BCUT2D eigenvalue weighted by Crippen LogP contribution is -2.22. The third-order valence-corrected chi connectivity index (χ3v) is 8.63. The van der Waals surface area contributed by atoms with E-state index in [2.05, 4.69) is 35.0 Å². The highest BCUT2D eigenvalue weighted by Gasteiger charge is 2.25. The summed E-state index contributed by atoms with van der Waals surface area (Å²) in [6.45, 7) is 13.3. The number of imidazole rings is 1. The van der Waals surface area contributed by atoms with Crippen LogP contribution in [0.2, 0.25) is 5.02 Å². The number of anilines is 1. The Morgan fingerprint density at radius 3 is 2.55 bits per heavy atom. The van der Waals surface area contributed by atoms with E-state index in [-0.39, 0.29) is 11.4 Å². The fraction of sp³-hybridized carbons (Fsp3) is 0.364. The van der Waals surface area contributed by atoms with Gasteiger partial charge in [-0.2, -0.15) is 0 Å². The fourth-order valence-electron chi connectivity index (χ4n) is 5.67. The van der Waals surface area contributed by atoms with Crippen molar-refractivity contribution < 1.29 is 14.1 Å². The fourth-order valence-corrected chi connectivity index (χ4v) is 5.95. The molecule has 4 aromatic rings. The Hall–Kier alpha value is -3.91. The maximum absolute atomic E-state index is 15.0. The van der Waals surface area contributed by atoms with Crippen LogP contribution in [0.15, 0.2) is 59.8 Å². The highest BCUT2D eigenvalue weighted by atomic mass is 35.5. The van der Waals surface area contributed by atoms with Gasteiger partial charge in [0.1, 0.15) is 30.9 Å². The van der Waals surface area contributed by atoms with Gasteiger partial charge < -0.3 is 14.6 Å². The van der Waals surface area contributed by atoms with Crippen LogP contribution in [0.3, 0.4) is 0 Å². The normalized spacial score (nSPS) is 15.1. The van der Waals surface area contributed by atoms with Crippen LogP contribution >= 0.6 is 11.6 Å². The molecule has 0 aliphatic carbocycles. The summed E-state index contributed by atoms with van der Waals surface area (Å²) in [5.41, 5.74) is 4.01. The minimum absolute atomic E-state index is 0.0594. The summed E-state index contributed by atoms with van der Waals surface area (Å²) in [7, 11) is 1.66. The van der Waals surface area contributed by atoms with Crippen LogP contribution in [0, 0.1) is 18.7 Å². The molecule has 1 N–H and O–H groups in total. The van der Waals surface area contributed by atoms with E-state index < -0.39 is 5.82 Å².